The number of benzene rings is 2. The second-order valence-electron chi connectivity index (χ2n) is 6.72. The highest BCUT2D eigenvalue weighted by Crippen LogP contribution is 2.28. The highest BCUT2D eigenvalue weighted by Gasteiger charge is 2.30. The lowest BCUT2D eigenvalue weighted by molar-refractivity contribution is -0.125. The van der Waals surface area contributed by atoms with Gasteiger partial charge in [-0.2, -0.15) is 0 Å². The van der Waals surface area contributed by atoms with Crippen LogP contribution in [0.4, 0.5) is 18.9 Å². The van der Waals surface area contributed by atoms with Crippen molar-refractivity contribution in [3.8, 4) is 0 Å². The number of halogens is 3. The Labute approximate surface area is 160 Å². The Balaban J connectivity index is 1.47. The van der Waals surface area contributed by atoms with Crippen LogP contribution in [0, 0.1) is 17.5 Å². The lowest BCUT2D eigenvalue weighted by Gasteiger charge is -2.21. The van der Waals surface area contributed by atoms with E-state index in [1.54, 1.807) is 12.1 Å². The summed E-state index contributed by atoms with van der Waals surface area (Å²) in [7, 11) is 0. The number of anilines is 1. The van der Waals surface area contributed by atoms with Crippen LogP contribution in [0.15, 0.2) is 42.5 Å². The second kappa shape index (κ2) is 8.88. The molecule has 0 saturated heterocycles. The molecule has 148 valence electrons. The van der Waals surface area contributed by atoms with E-state index in [0.29, 0.717) is 12.6 Å². The number of carbonyl (C=O) groups excluding carboxylic acids is 2. The van der Waals surface area contributed by atoms with Crippen LogP contribution in [0.2, 0.25) is 0 Å². The van der Waals surface area contributed by atoms with Crippen LogP contribution < -0.4 is 10.6 Å². The molecule has 0 bridgehead atoms. The minimum absolute atomic E-state index is 0.106. The molecule has 8 heteroatoms. The molecule has 0 unspecified atom stereocenters. The quantitative estimate of drug-likeness (QED) is 0.728. The van der Waals surface area contributed by atoms with Crippen LogP contribution in [0.3, 0.4) is 0 Å². The Morgan fingerprint density at radius 3 is 2.32 bits per heavy atom. The topological polar surface area (TPSA) is 61.4 Å². The summed E-state index contributed by atoms with van der Waals surface area (Å²) in [6, 6.07) is 9.42. The second-order valence-corrected chi connectivity index (χ2v) is 6.72. The summed E-state index contributed by atoms with van der Waals surface area (Å²) in [6.45, 7) is 0.340. The van der Waals surface area contributed by atoms with Crippen LogP contribution in [0.25, 0.3) is 0 Å². The Kier molecular flexibility index (Phi) is 6.30. The number of nitrogens with zero attached hydrogens (tertiary/aromatic N) is 1. The third kappa shape index (κ3) is 5.82. The molecule has 0 aromatic heterocycles. The van der Waals surface area contributed by atoms with Gasteiger partial charge in [-0.3, -0.25) is 14.5 Å². The van der Waals surface area contributed by atoms with Gasteiger partial charge >= 0.3 is 0 Å². The standard InChI is InChI=1S/C20H20F3N3O2/c21-14-3-1-13(2-4-14)11-26(16-6-7-16)12-20(28)24-10-19(27)25-15-5-8-17(22)18(23)9-15/h1-5,8-9,16H,6-7,10-12H2,(H,24,28)(H,25,27). The minimum atomic E-state index is -1.07. The molecule has 5 nitrogen and oxygen atoms in total. The first-order chi connectivity index (χ1) is 13.4. The van der Waals surface area contributed by atoms with Gasteiger partial charge in [0, 0.05) is 24.3 Å². The highest BCUT2D eigenvalue weighted by atomic mass is 19.2. The molecule has 2 aromatic carbocycles. The van der Waals surface area contributed by atoms with Gasteiger partial charge in [0.25, 0.3) is 0 Å². The van der Waals surface area contributed by atoms with Crippen molar-refractivity contribution in [1.29, 1.82) is 0 Å². The predicted molar refractivity (Wildman–Crippen MR) is 97.8 cm³/mol. The fourth-order valence-electron chi connectivity index (χ4n) is 2.78. The smallest absolute Gasteiger partial charge is 0.243 e. The minimum Gasteiger partial charge on any atom is -0.346 e. The van der Waals surface area contributed by atoms with Crippen molar-refractivity contribution in [2.24, 2.45) is 0 Å². The number of amides is 2. The highest BCUT2D eigenvalue weighted by molar-refractivity contribution is 5.94. The van der Waals surface area contributed by atoms with Crippen molar-refractivity contribution in [1.82, 2.24) is 10.2 Å². The molecule has 0 heterocycles. The summed E-state index contributed by atoms with van der Waals surface area (Å²) >= 11 is 0. The van der Waals surface area contributed by atoms with Crippen LogP contribution in [-0.2, 0) is 16.1 Å². The summed E-state index contributed by atoms with van der Waals surface area (Å²) in [5.74, 6) is -3.26. The molecule has 0 spiro atoms. The van der Waals surface area contributed by atoms with Crippen molar-refractivity contribution in [3.05, 3.63) is 65.5 Å². The largest absolute Gasteiger partial charge is 0.346 e. The first-order valence-electron chi connectivity index (χ1n) is 8.91. The molecule has 28 heavy (non-hydrogen) atoms. The van der Waals surface area contributed by atoms with Gasteiger partial charge in [0.2, 0.25) is 11.8 Å². The molecule has 0 atom stereocenters. The Hall–Kier alpha value is -2.87. The lowest BCUT2D eigenvalue weighted by atomic mass is 10.2. The zero-order chi connectivity index (χ0) is 20.1. The number of hydrogen-bond acceptors (Lipinski definition) is 3. The fourth-order valence-corrected chi connectivity index (χ4v) is 2.78. The van der Waals surface area contributed by atoms with E-state index in [2.05, 4.69) is 10.6 Å². The lowest BCUT2D eigenvalue weighted by Crippen LogP contribution is -2.41. The van der Waals surface area contributed by atoms with Crippen LogP contribution in [0.1, 0.15) is 18.4 Å². The van der Waals surface area contributed by atoms with E-state index in [1.165, 1.54) is 18.2 Å². The van der Waals surface area contributed by atoms with Crippen LogP contribution >= 0.6 is 0 Å². The van der Waals surface area contributed by atoms with E-state index >= 15 is 0 Å². The summed E-state index contributed by atoms with van der Waals surface area (Å²) in [5, 5.41) is 4.91. The maximum Gasteiger partial charge on any atom is 0.243 e. The summed E-state index contributed by atoms with van der Waals surface area (Å²) in [5.41, 5.74) is 1.01. The molecule has 2 N–H and O–H groups in total. The maximum atomic E-state index is 13.1. The molecule has 1 saturated carbocycles. The predicted octanol–water partition coefficient (Wildman–Crippen LogP) is 2.82. The molecule has 3 rings (SSSR count). The van der Waals surface area contributed by atoms with Gasteiger partial charge in [0.1, 0.15) is 5.82 Å². The van der Waals surface area contributed by atoms with Crippen molar-refractivity contribution in [2.45, 2.75) is 25.4 Å². The third-order valence-electron chi connectivity index (χ3n) is 4.36. The molecule has 0 radical (unpaired) electrons. The fraction of sp³-hybridized carbons (Fsp3) is 0.300. The normalized spacial score (nSPS) is 13.4. The van der Waals surface area contributed by atoms with E-state index in [-0.39, 0.29) is 30.5 Å². The van der Waals surface area contributed by atoms with Crippen molar-refractivity contribution in [2.75, 3.05) is 18.4 Å². The molecular formula is C20H20F3N3O2. The monoisotopic (exact) mass is 391 g/mol. The average Bonchev–Trinajstić information content (AvgIpc) is 3.49. The number of nitrogens with one attached hydrogen (secondary N) is 2. The van der Waals surface area contributed by atoms with Gasteiger partial charge in [-0.05, 0) is 42.7 Å². The first kappa shape index (κ1) is 19.9. The summed E-state index contributed by atoms with van der Waals surface area (Å²) in [4.78, 5) is 26.0. The van der Waals surface area contributed by atoms with Gasteiger partial charge in [0.05, 0.1) is 13.1 Å². The zero-order valence-corrected chi connectivity index (χ0v) is 15.1. The molecular weight excluding hydrogens is 371 g/mol. The van der Waals surface area contributed by atoms with E-state index in [4.69, 9.17) is 0 Å². The van der Waals surface area contributed by atoms with Gasteiger partial charge in [-0.1, -0.05) is 12.1 Å². The van der Waals surface area contributed by atoms with Gasteiger partial charge in [-0.25, -0.2) is 13.2 Å². The number of carbonyl (C=O) groups is 2. The maximum absolute atomic E-state index is 13.1. The van der Waals surface area contributed by atoms with Crippen molar-refractivity contribution in [3.63, 3.8) is 0 Å². The van der Waals surface area contributed by atoms with E-state index in [9.17, 15) is 22.8 Å². The SMILES string of the molecule is O=C(CN(Cc1ccc(F)cc1)C1CC1)NCC(=O)Nc1ccc(F)c(F)c1. The van der Waals surface area contributed by atoms with Crippen molar-refractivity contribution < 1.29 is 22.8 Å². The molecule has 2 amide bonds. The first-order valence-corrected chi connectivity index (χ1v) is 8.91. The van der Waals surface area contributed by atoms with Crippen LogP contribution in [-0.4, -0.2) is 35.8 Å². The summed E-state index contributed by atoms with van der Waals surface area (Å²) in [6.07, 6.45) is 1.98. The van der Waals surface area contributed by atoms with Gasteiger partial charge < -0.3 is 10.6 Å². The number of hydrogen-bond donors (Lipinski definition) is 2. The van der Waals surface area contributed by atoms with E-state index < -0.39 is 17.5 Å². The zero-order valence-electron chi connectivity index (χ0n) is 15.1. The average molecular weight is 391 g/mol. The molecule has 0 aliphatic heterocycles. The molecule has 1 aliphatic carbocycles. The third-order valence-corrected chi connectivity index (χ3v) is 4.36. The Morgan fingerprint density at radius 1 is 0.964 bits per heavy atom. The van der Waals surface area contributed by atoms with Crippen molar-refractivity contribution >= 4 is 17.5 Å². The Morgan fingerprint density at radius 2 is 1.68 bits per heavy atom. The Bertz CT molecular complexity index is 854. The van der Waals surface area contributed by atoms with Crippen LogP contribution in [0.5, 0.6) is 0 Å². The molecule has 2 aromatic rings. The summed E-state index contributed by atoms with van der Waals surface area (Å²) < 4.78 is 39.1. The van der Waals surface area contributed by atoms with E-state index in [0.717, 1.165) is 30.5 Å². The molecule has 1 fully saturated rings. The van der Waals surface area contributed by atoms with Gasteiger partial charge in [-0.15, -0.1) is 0 Å². The van der Waals surface area contributed by atoms with Gasteiger partial charge in [0.15, 0.2) is 11.6 Å². The number of rotatable bonds is 8. The molecule has 1 aliphatic rings. The van der Waals surface area contributed by atoms with E-state index in [1.807, 2.05) is 4.90 Å².